The Morgan fingerprint density at radius 1 is 1.16 bits per heavy atom. The predicted octanol–water partition coefficient (Wildman–Crippen LogP) is 4.09. The van der Waals surface area contributed by atoms with E-state index in [9.17, 15) is 0 Å². The Morgan fingerprint density at radius 2 is 1.89 bits per heavy atom. The number of thioether (sulfide) groups is 1. The lowest BCUT2D eigenvalue weighted by molar-refractivity contribution is 1.10. The van der Waals surface area contributed by atoms with Gasteiger partial charge in [-0.15, -0.1) is 11.8 Å². The summed E-state index contributed by atoms with van der Waals surface area (Å²) in [5.41, 5.74) is 8.96. The molecule has 2 N–H and O–H groups in total. The van der Waals surface area contributed by atoms with E-state index >= 15 is 0 Å². The highest BCUT2D eigenvalue weighted by Crippen LogP contribution is 2.26. The minimum Gasteiger partial charge on any atom is -0.369 e. The lowest BCUT2D eigenvalue weighted by Gasteiger charge is -2.07. The highest BCUT2D eigenvalue weighted by molar-refractivity contribution is 9.10. The Hall–Kier alpha value is -1.46. The Labute approximate surface area is 124 Å². The molecule has 0 unspecified atom stereocenters. The summed E-state index contributed by atoms with van der Waals surface area (Å²) in [6, 6.07) is 14.3. The van der Waals surface area contributed by atoms with Crippen molar-refractivity contribution in [2.45, 2.75) is 4.90 Å². The standard InChI is InChI=1S/C14H12BrN3S/c1-19-11-5-3-10(4-6-11)18-13-8-9(15)2-7-12(13)17-14(18)16/h2-8H,1H3,(H2,16,17). The minimum absolute atomic E-state index is 0.505. The molecule has 19 heavy (non-hydrogen) atoms. The van der Waals surface area contributed by atoms with Crippen molar-refractivity contribution in [3.8, 4) is 5.69 Å². The first-order chi connectivity index (χ1) is 9.19. The molecule has 0 aliphatic carbocycles. The number of benzene rings is 2. The maximum Gasteiger partial charge on any atom is 0.205 e. The first kappa shape index (κ1) is 12.6. The van der Waals surface area contributed by atoms with E-state index in [2.05, 4.69) is 51.4 Å². The van der Waals surface area contributed by atoms with Gasteiger partial charge in [0.15, 0.2) is 0 Å². The zero-order valence-corrected chi connectivity index (χ0v) is 12.7. The van der Waals surface area contributed by atoms with Gasteiger partial charge in [0.2, 0.25) is 5.95 Å². The summed E-state index contributed by atoms with van der Waals surface area (Å²) in [7, 11) is 0. The molecule has 0 bridgehead atoms. The van der Waals surface area contributed by atoms with Crippen LogP contribution in [0.25, 0.3) is 16.7 Å². The normalized spacial score (nSPS) is 11.1. The van der Waals surface area contributed by atoms with E-state index in [1.54, 1.807) is 11.8 Å². The fourth-order valence-electron chi connectivity index (χ4n) is 2.07. The molecule has 0 aliphatic rings. The molecule has 0 spiro atoms. The van der Waals surface area contributed by atoms with Gasteiger partial charge < -0.3 is 5.73 Å². The highest BCUT2D eigenvalue weighted by atomic mass is 79.9. The molecule has 5 heteroatoms. The van der Waals surface area contributed by atoms with E-state index in [1.807, 2.05) is 22.8 Å². The molecular formula is C14H12BrN3S. The van der Waals surface area contributed by atoms with Crippen LogP contribution in [-0.4, -0.2) is 15.8 Å². The number of fused-ring (bicyclic) bond motifs is 1. The van der Waals surface area contributed by atoms with Gasteiger partial charge in [0.25, 0.3) is 0 Å². The lowest BCUT2D eigenvalue weighted by Crippen LogP contribution is -2.00. The van der Waals surface area contributed by atoms with Crippen molar-refractivity contribution in [1.82, 2.24) is 9.55 Å². The Bertz CT molecular complexity index is 734. The van der Waals surface area contributed by atoms with Crippen LogP contribution in [0.1, 0.15) is 0 Å². The molecule has 2 aromatic carbocycles. The summed E-state index contributed by atoms with van der Waals surface area (Å²) in [6.07, 6.45) is 2.06. The summed E-state index contributed by atoms with van der Waals surface area (Å²) in [5.74, 6) is 0.505. The number of halogens is 1. The third-order valence-electron chi connectivity index (χ3n) is 2.97. The number of aromatic nitrogens is 2. The van der Waals surface area contributed by atoms with Crippen LogP contribution in [0.15, 0.2) is 51.8 Å². The van der Waals surface area contributed by atoms with E-state index in [0.717, 1.165) is 21.2 Å². The quantitative estimate of drug-likeness (QED) is 0.718. The number of imidazole rings is 1. The molecule has 0 saturated carbocycles. The zero-order chi connectivity index (χ0) is 13.4. The number of nitrogens with zero attached hydrogens (tertiary/aromatic N) is 2. The van der Waals surface area contributed by atoms with Crippen LogP contribution in [0.5, 0.6) is 0 Å². The molecule has 3 rings (SSSR count). The van der Waals surface area contributed by atoms with Crippen molar-refractivity contribution in [3.05, 3.63) is 46.9 Å². The van der Waals surface area contributed by atoms with Crippen molar-refractivity contribution in [3.63, 3.8) is 0 Å². The Morgan fingerprint density at radius 3 is 2.58 bits per heavy atom. The van der Waals surface area contributed by atoms with E-state index in [-0.39, 0.29) is 0 Å². The molecule has 96 valence electrons. The minimum atomic E-state index is 0.505. The monoisotopic (exact) mass is 333 g/mol. The molecule has 0 saturated heterocycles. The molecule has 0 radical (unpaired) electrons. The average molecular weight is 334 g/mol. The first-order valence-electron chi connectivity index (χ1n) is 5.77. The van der Waals surface area contributed by atoms with Crippen LogP contribution in [0.4, 0.5) is 5.95 Å². The maximum absolute atomic E-state index is 6.04. The fourth-order valence-corrected chi connectivity index (χ4v) is 2.83. The van der Waals surface area contributed by atoms with Crippen LogP contribution in [0.3, 0.4) is 0 Å². The molecule has 1 aromatic heterocycles. The van der Waals surface area contributed by atoms with E-state index in [0.29, 0.717) is 5.95 Å². The topological polar surface area (TPSA) is 43.8 Å². The van der Waals surface area contributed by atoms with Gasteiger partial charge in [-0.2, -0.15) is 0 Å². The number of anilines is 1. The van der Waals surface area contributed by atoms with Gasteiger partial charge in [-0.05, 0) is 48.7 Å². The van der Waals surface area contributed by atoms with Crippen LogP contribution in [-0.2, 0) is 0 Å². The summed E-state index contributed by atoms with van der Waals surface area (Å²) < 4.78 is 2.98. The van der Waals surface area contributed by atoms with Crippen molar-refractivity contribution in [2.24, 2.45) is 0 Å². The van der Waals surface area contributed by atoms with Gasteiger partial charge in [-0.1, -0.05) is 15.9 Å². The summed E-state index contributed by atoms with van der Waals surface area (Å²) in [4.78, 5) is 5.62. The largest absolute Gasteiger partial charge is 0.369 e. The van der Waals surface area contributed by atoms with Crippen molar-refractivity contribution < 1.29 is 0 Å². The van der Waals surface area contributed by atoms with Crippen molar-refractivity contribution in [2.75, 3.05) is 12.0 Å². The number of hydrogen-bond donors (Lipinski definition) is 1. The van der Waals surface area contributed by atoms with Gasteiger partial charge in [-0.3, -0.25) is 4.57 Å². The van der Waals surface area contributed by atoms with E-state index in [4.69, 9.17) is 5.73 Å². The third kappa shape index (κ3) is 2.24. The summed E-state index contributed by atoms with van der Waals surface area (Å²) >= 11 is 5.21. The Kier molecular flexibility index (Phi) is 3.24. The van der Waals surface area contributed by atoms with Crippen LogP contribution in [0, 0.1) is 0 Å². The van der Waals surface area contributed by atoms with E-state index < -0.39 is 0 Å². The average Bonchev–Trinajstić information content (AvgIpc) is 2.74. The van der Waals surface area contributed by atoms with E-state index in [1.165, 1.54) is 4.90 Å². The fraction of sp³-hybridized carbons (Fsp3) is 0.0714. The second-order valence-electron chi connectivity index (χ2n) is 4.14. The van der Waals surface area contributed by atoms with Crippen molar-refractivity contribution in [1.29, 1.82) is 0 Å². The molecule has 0 aliphatic heterocycles. The molecule has 1 heterocycles. The van der Waals surface area contributed by atoms with Crippen LogP contribution in [0.2, 0.25) is 0 Å². The SMILES string of the molecule is CSc1ccc(-n2c(N)nc3ccc(Br)cc32)cc1. The first-order valence-corrected chi connectivity index (χ1v) is 7.79. The molecule has 0 amide bonds. The number of nitrogen functional groups attached to an aromatic ring is 1. The lowest BCUT2D eigenvalue weighted by atomic mass is 10.3. The summed E-state index contributed by atoms with van der Waals surface area (Å²) in [6.45, 7) is 0. The van der Waals surface area contributed by atoms with Gasteiger partial charge in [0.05, 0.1) is 11.0 Å². The number of nitrogens with two attached hydrogens (primary N) is 1. The molecule has 3 aromatic rings. The van der Waals surface area contributed by atoms with Crippen LogP contribution >= 0.6 is 27.7 Å². The molecular weight excluding hydrogens is 322 g/mol. The van der Waals surface area contributed by atoms with Gasteiger partial charge >= 0.3 is 0 Å². The molecule has 0 fully saturated rings. The maximum atomic E-state index is 6.04. The van der Waals surface area contributed by atoms with Crippen molar-refractivity contribution >= 4 is 44.7 Å². The third-order valence-corrected chi connectivity index (χ3v) is 4.21. The second kappa shape index (κ2) is 4.90. The number of rotatable bonds is 2. The Balaban J connectivity index is 2.22. The zero-order valence-electron chi connectivity index (χ0n) is 10.3. The van der Waals surface area contributed by atoms with Gasteiger partial charge in [0, 0.05) is 15.1 Å². The highest BCUT2D eigenvalue weighted by Gasteiger charge is 2.10. The number of hydrogen-bond acceptors (Lipinski definition) is 3. The predicted molar refractivity (Wildman–Crippen MR) is 85.0 cm³/mol. The van der Waals surface area contributed by atoms with Gasteiger partial charge in [-0.25, -0.2) is 4.98 Å². The van der Waals surface area contributed by atoms with Crippen LogP contribution < -0.4 is 5.73 Å². The van der Waals surface area contributed by atoms with Gasteiger partial charge in [0.1, 0.15) is 0 Å². The molecule has 0 atom stereocenters. The molecule has 3 nitrogen and oxygen atoms in total. The second-order valence-corrected chi connectivity index (χ2v) is 5.93. The smallest absolute Gasteiger partial charge is 0.205 e. The summed E-state index contributed by atoms with van der Waals surface area (Å²) in [5, 5.41) is 0.